The van der Waals surface area contributed by atoms with E-state index >= 15 is 0 Å². The molecular weight excluding hydrogens is 216 g/mol. The Morgan fingerprint density at radius 1 is 0.667 bits per heavy atom. The molecule has 0 saturated carbocycles. The van der Waals surface area contributed by atoms with Gasteiger partial charge in [-0.15, -0.1) is 0 Å². The van der Waals surface area contributed by atoms with Crippen LogP contribution in [0.15, 0.2) is 24.3 Å². The summed E-state index contributed by atoms with van der Waals surface area (Å²) in [6.45, 7) is 6.81. The fraction of sp³-hybridized carbons (Fsp3) is 0.778. The maximum absolute atomic E-state index is 2.37. The first-order valence-electron chi connectivity index (χ1n) is 8.07. The molecule has 0 heterocycles. The Bertz CT molecular complexity index is 198. The van der Waals surface area contributed by atoms with Crippen LogP contribution in [0.3, 0.4) is 0 Å². The Morgan fingerprint density at radius 3 is 1.67 bits per heavy atom. The van der Waals surface area contributed by atoms with Gasteiger partial charge in [-0.1, -0.05) is 70.8 Å². The van der Waals surface area contributed by atoms with Crippen LogP contribution in [0.4, 0.5) is 0 Å². The van der Waals surface area contributed by atoms with Crippen LogP contribution >= 0.6 is 0 Å². The third-order valence-electron chi connectivity index (χ3n) is 3.16. The minimum Gasteiger partial charge on any atom is -0.0885 e. The van der Waals surface area contributed by atoms with Crippen LogP contribution in [0, 0.1) is 5.92 Å². The van der Waals surface area contributed by atoms with E-state index in [9.17, 15) is 0 Å². The van der Waals surface area contributed by atoms with Crippen molar-refractivity contribution in [2.45, 2.75) is 85.0 Å². The average Bonchev–Trinajstić information content (AvgIpc) is 2.34. The van der Waals surface area contributed by atoms with Crippen molar-refractivity contribution in [2.75, 3.05) is 0 Å². The summed E-state index contributed by atoms with van der Waals surface area (Å²) < 4.78 is 0. The summed E-state index contributed by atoms with van der Waals surface area (Å²) in [7, 11) is 0. The maximum atomic E-state index is 2.37. The monoisotopic (exact) mass is 250 g/mol. The first-order valence-corrected chi connectivity index (χ1v) is 8.07. The first-order chi connectivity index (χ1) is 8.77. The van der Waals surface area contributed by atoms with Crippen molar-refractivity contribution in [3.8, 4) is 0 Å². The predicted octanol–water partition coefficient (Wildman–Crippen LogP) is 6.68. The zero-order valence-electron chi connectivity index (χ0n) is 13.0. The Hall–Kier alpha value is -0.520. The van der Waals surface area contributed by atoms with Crippen molar-refractivity contribution in [2.24, 2.45) is 5.92 Å². The highest BCUT2D eigenvalue weighted by atomic mass is 14.0. The molecule has 106 valence electrons. The van der Waals surface area contributed by atoms with Crippen LogP contribution in [-0.4, -0.2) is 0 Å². The molecule has 0 N–H and O–H groups in total. The van der Waals surface area contributed by atoms with Crippen LogP contribution < -0.4 is 0 Å². The number of unbranched alkanes of at least 4 members (excludes halogenated alkanes) is 7. The number of hydrogen-bond donors (Lipinski definition) is 0. The van der Waals surface area contributed by atoms with Crippen molar-refractivity contribution >= 4 is 0 Å². The molecule has 0 spiro atoms. The Balaban J connectivity index is 3.11. The summed E-state index contributed by atoms with van der Waals surface area (Å²) in [6.07, 6.45) is 22.7. The van der Waals surface area contributed by atoms with Crippen molar-refractivity contribution < 1.29 is 0 Å². The van der Waals surface area contributed by atoms with Gasteiger partial charge in [0.15, 0.2) is 0 Å². The summed E-state index contributed by atoms with van der Waals surface area (Å²) in [4.78, 5) is 0. The van der Waals surface area contributed by atoms with E-state index in [4.69, 9.17) is 0 Å². The highest BCUT2D eigenvalue weighted by Crippen LogP contribution is 2.08. The summed E-state index contributed by atoms with van der Waals surface area (Å²) in [6, 6.07) is 0. The molecule has 0 aliphatic heterocycles. The van der Waals surface area contributed by atoms with E-state index in [1.165, 1.54) is 64.2 Å². The Morgan fingerprint density at radius 2 is 1.17 bits per heavy atom. The maximum Gasteiger partial charge on any atom is -0.0327 e. The summed E-state index contributed by atoms with van der Waals surface area (Å²) in [5, 5.41) is 0. The minimum absolute atomic E-state index is 0.806. The van der Waals surface area contributed by atoms with Crippen LogP contribution in [0.5, 0.6) is 0 Å². The second kappa shape index (κ2) is 14.5. The van der Waals surface area contributed by atoms with Crippen molar-refractivity contribution in [1.82, 2.24) is 0 Å². The van der Waals surface area contributed by atoms with Gasteiger partial charge in [0.25, 0.3) is 0 Å². The molecule has 0 amide bonds. The predicted molar refractivity (Wildman–Crippen MR) is 85.0 cm³/mol. The normalized spacial score (nSPS) is 12.2. The lowest BCUT2D eigenvalue weighted by Crippen LogP contribution is -1.81. The van der Waals surface area contributed by atoms with Crippen LogP contribution in [0.25, 0.3) is 0 Å². The Labute approximate surface area is 116 Å². The molecule has 0 aliphatic rings. The van der Waals surface area contributed by atoms with Gasteiger partial charge in [-0.2, -0.15) is 0 Å². The van der Waals surface area contributed by atoms with Crippen molar-refractivity contribution in [3.63, 3.8) is 0 Å². The number of hydrogen-bond acceptors (Lipinski definition) is 0. The topological polar surface area (TPSA) is 0 Å². The van der Waals surface area contributed by atoms with E-state index in [2.05, 4.69) is 45.1 Å². The minimum atomic E-state index is 0.806. The van der Waals surface area contributed by atoms with E-state index in [0.29, 0.717) is 0 Å². The number of allylic oxidation sites excluding steroid dienone is 4. The second-order valence-corrected chi connectivity index (χ2v) is 5.71. The highest BCUT2D eigenvalue weighted by molar-refractivity contribution is 4.83. The molecule has 0 radical (unpaired) electrons. The fourth-order valence-corrected chi connectivity index (χ4v) is 1.92. The van der Waals surface area contributed by atoms with Gasteiger partial charge in [-0.05, 0) is 44.4 Å². The zero-order chi connectivity index (χ0) is 13.5. The van der Waals surface area contributed by atoms with Crippen LogP contribution in [-0.2, 0) is 0 Å². The van der Waals surface area contributed by atoms with E-state index in [1.807, 2.05) is 0 Å². The van der Waals surface area contributed by atoms with Gasteiger partial charge >= 0.3 is 0 Å². The molecule has 0 fully saturated rings. The quantitative estimate of drug-likeness (QED) is 0.268. The Kier molecular flexibility index (Phi) is 14.1. The average molecular weight is 250 g/mol. The lowest BCUT2D eigenvalue weighted by molar-refractivity contribution is 0.644. The van der Waals surface area contributed by atoms with Crippen LogP contribution in [0.2, 0.25) is 0 Å². The van der Waals surface area contributed by atoms with Crippen molar-refractivity contribution in [1.29, 1.82) is 0 Å². The van der Waals surface area contributed by atoms with E-state index < -0.39 is 0 Å². The third kappa shape index (κ3) is 15.5. The molecule has 0 nitrogen and oxygen atoms in total. The molecule has 0 saturated heterocycles. The lowest BCUT2D eigenvalue weighted by atomic mass is 10.1. The molecule has 0 aromatic heterocycles. The number of rotatable bonds is 12. The summed E-state index contributed by atoms with van der Waals surface area (Å²) in [5.41, 5.74) is 0. The fourth-order valence-electron chi connectivity index (χ4n) is 1.92. The first kappa shape index (κ1) is 17.5. The van der Waals surface area contributed by atoms with Gasteiger partial charge in [0.2, 0.25) is 0 Å². The largest absolute Gasteiger partial charge is 0.0885 e. The SMILES string of the molecule is CCCC/C=C/CCCCCC/C=C/CC(C)C. The smallest absolute Gasteiger partial charge is 0.0327 e. The van der Waals surface area contributed by atoms with E-state index in [0.717, 1.165) is 5.92 Å². The zero-order valence-corrected chi connectivity index (χ0v) is 13.0. The molecule has 0 rings (SSSR count). The van der Waals surface area contributed by atoms with Gasteiger partial charge < -0.3 is 0 Å². The van der Waals surface area contributed by atoms with Gasteiger partial charge in [0.05, 0.1) is 0 Å². The molecular formula is C18H34. The molecule has 0 heteroatoms. The molecule has 18 heavy (non-hydrogen) atoms. The molecule has 0 unspecified atom stereocenters. The molecule has 0 bridgehead atoms. The highest BCUT2D eigenvalue weighted by Gasteiger charge is 1.89. The molecule has 0 aromatic rings. The second-order valence-electron chi connectivity index (χ2n) is 5.71. The molecule has 0 aliphatic carbocycles. The van der Waals surface area contributed by atoms with Crippen LogP contribution in [0.1, 0.15) is 85.0 Å². The van der Waals surface area contributed by atoms with Gasteiger partial charge in [0.1, 0.15) is 0 Å². The van der Waals surface area contributed by atoms with E-state index in [1.54, 1.807) is 0 Å². The molecule has 0 atom stereocenters. The summed E-state index contributed by atoms with van der Waals surface area (Å²) in [5.74, 6) is 0.806. The molecule has 0 aromatic carbocycles. The van der Waals surface area contributed by atoms with E-state index in [-0.39, 0.29) is 0 Å². The van der Waals surface area contributed by atoms with Gasteiger partial charge in [-0.25, -0.2) is 0 Å². The standard InChI is InChI=1S/C18H34/c1-4-5-6-7-8-9-10-11-12-13-14-15-16-17-18(2)3/h7-8,15-16,18H,4-6,9-14,17H2,1-3H3/b8-7+,16-15+. The van der Waals surface area contributed by atoms with Gasteiger partial charge in [0, 0.05) is 0 Å². The van der Waals surface area contributed by atoms with Gasteiger partial charge in [-0.3, -0.25) is 0 Å². The van der Waals surface area contributed by atoms with Crippen molar-refractivity contribution in [3.05, 3.63) is 24.3 Å². The lowest BCUT2D eigenvalue weighted by Gasteiger charge is -1.98. The third-order valence-corrected chi connectivity index (χ3v) is 3.16. The summed E-state index contributed by atoms with van der Waals surface area (Å²) >= 11 is 0.